The van der Waals surface area contributed by atoms with Crippen LogP contribution >= 0.6 is 11.3 Å². The lowest BCUT2D eigenvalue weighted by atomic mass is 10.2. The Morgan fingerprint density at radius 3 is 2.92 bits per heavy atom. The topological polar surface area (TPSA) is 21.3 Å². The average molecular weight is 185 g/mol. The highest BCUT2D eigenvalue weighted by atomic mass is 32.1. The first-order valence-electron chi connectivity index (χ1n) is 4.12. The van der Waals surface area contributed by atoms with Gasteiger partial charge in [0.1, 0.15) is 5.75 Å². The van der Waals surface area contributed by atoms with E-state index in [9.17, 15) is 0 Å². The third kappa shape index (κ3) is 1.79. The quantitative estimate of drug-likeness (QED) is 0.778. The zero-order valence-electron chi connectivity index (χ0n) is 7.76. The van der Waals surface area contributed by atoms with Crippen molar-refractivity contribution in [3.63, 3.8) is 0 Å². The molecule has 0 fully saturated rings. The molecule has 0 aliphatic heterocycles. The van der Waals surface area contributed by atoms with E-state index in [-0.39, 0.29) is 0 Å². The summed E-state index contributed by atoms with van der Waals surface area (Å²) in [6.07, 6.45) is 1.09. The molecule has 0 bridgehead atoms. The van der Waals surface area contributed by atoms with Crippen LogP contribution in [0, 0.1) is 0 Å². The number of hydrogen-bond acceptors (Lipinski definition) is 3. The summed E-state index contributed by atoms with van der Waals surface area (Å²) in [5.41, 5.74) is 0. The average Bonchev–Trinajstić information content (AvgIpc) is 2.55. The molecule has 0 saturated carbocycles. The van der Waals surface area contributed by atoms with Gasteiger partial charge in [-0.3, -0.25) is 0 Å². The second kappa shape index (κ2) is 4.48. The molecule has 1 rings (SSSR count). The Morgan fingerprint density at radius 2 is 2.42 bits per heavy atom. The molecule has 68 valence electrons. The normalized spacial score (nSPS) is 12.9. The molecule has 0 spiro atoms. The molecular weight excluding hydrogens is 170 g/mol. The van der Waals surface area contributed by atoms with Gasteiger partial charge in [0.05, 0.1) is 12.0 Å². The Hall–Kier alpha value is -0.540. The number of hydrogen-bond donors (Lipinski definition) is 1. The van der Waals surface area contributed by atoms with Crippen molar-refractivity contribution in [2.75, 3.05) is 14.2 Å². The third-order valence-corrected chi connectivity index (χ3v) is 2.96. The molecule has 0 saturated heterocycles. The highest BCUT2D eigenvalue weighted by Gasteiger charge is 2.12. The minimum absolute atomic E-state index is 0.431. The van der Waals surface area contributed by atoms with Crippen molar-refractivity contribution in [1.82, 2.24) is 5.32 Å². The van der Waals surface area contributed by atoms with Crippen LogP contribution in [0.25, 0.3) is 0 Å². The van der Waals surface area contributed by atoms with Crippen LogP contribution in [0.3, 0.4) is 0 Å². The van der Waals surface area contributed by atoms with E-state index in [4.69, 9.17) is 4.74 Å². The maximum atomic E-state index is 5.24. The van der Waals surface area contributed by atoms with E-state index in [1.165, 1.54) is 4.88 Å². The van der Waals surface area contributed by atoms with Crippen molar-refractivity contribution in [1.29, 1.82) is 0 Å². The van der Waals surface area contributed by atoms with E-state index >= 15 is 0 Å². The van der Waals surface area contributed by atoms with Crippen LogP contribution in [-0.2, 0) is 0 Å². The van der Waals surface area contributed by atoms with E-state index in [1.54, 1.807) is 18.4 Å². The van der Waals surface area contributed by atoms with Gasteiger partial charge >= 0.3 is 0 Å². The number of rotatable bonds is 4. The predicted molar refractivity (Wildman–Crippen MR) is 53.0 cm³/mol. The first-order valence-corrected chi connectivity index (χ1v) is 5.00. The number of thiophene rings is 1. The van der Waals surface area contributed by atoms with E-state index in [2.05, 4.69) is 17.6 Å². The molecule has 1 aromatic heterocycles. The highest BCUT2D eigenvalue weighted by Crippen LogP contribution is 2.31. The molecule has 0 radical (unpaired) electrons. The van der Waals surface area contributed by atoms with Gasteiger partial charge in [-0.2, -0.15) is 0 Å². The van der Waals surface area contributed by atoms with Crippen molar-refractivity contribution in [2.24, 2.45) is 0 Å². The molecule has 1 heterocycles. The smallest absolute Gasteiger partial charge is 0.134 e. The fraction of sp³-hybridized carbons (Fsp3) is 0.556. The van der Waals surface area contributed by atoms with Crippen molar-refractivity contribution < 1.29 is 4.74 Å². The molecule has 1 aromatic rings. The van der Waals surface area contributed by atoms with Gasteiger partial charge in [-0.15, -0.1) is 11.3 Å². The Kier molecular flexibility index (Phi) is 3.56. The number of ether oxygens (including phenoxy) is 1. The van der Waals surface area contributed by atoms with Gasteiger partial charge in [0, 0.05) is 6.04 Å². The molecule has 0 aromatic carbocycles. The maximum Gasteiger partial charge on any atom is 0.134 e. The Balaban J connectivity index is 2.83. The second-order valence-corrected chi connectivity index (χ2v) is 3.55. The molecule has 3 heteroatoms. The van der Waals surface area contributed by atoms with E-state index in [0.29, 0.717) is 6.04 Å². The molecule has 0 aliphatic carbocycles. The lowest BCUT2D eigenvalue weighted by Crippen LogP contribution is -2.14. The van der Waals surface area contributed by atoms with Crippen molar-refractivity contribution in [2.45, 2.75) is 19.4 Å². The van der Waals surface area contributed by atoms with Gasteiger partial charge in [0.2, 0.25) is 0 Å². The lowest BCUT2D eigenvalue weighted by molar-refractivity contribution is 0.404. The maximum absolute atomic E-state index is 5.24. The summed E-state index contributed by atoms with van der Waals surface area (Å²) in [6, 6.07) is 2.44. The number of nitrogens with one attached hydrogen (secondary N) is 1. The Labute approximate surface area is 77.6 Å². The molecule has 0 amide bonds. The summed E-state index contributed by atoms with van der Waals surface area (Å²) in [6.45, 7) is 2.17. The van der Waals surface area contributed by atoms with Crippen molar-refractivity contribution in [3.05, 3.63) is 16.3 Å². The fourth-order valence-corrected chi connectivity index (χ4v) is 2.31. The van der Waals surface area contributed by atoms with Crippen LogP contribution in [0.4, 0.5) is 0 Å². The fourth-order valence-electron chi connectivity index (χ4n) is 1.25. The summed E-state index contributed by atoms with van der Waals surface area (Å²) in [5.74, 6) is 1.00. The largest absolute Gasteiger partial charge is 0.496 e. The van der Waals surface area contributed by atoms with Crippen LogP contribution in [0.2, 0.25) is 0 Å². The van der Waals surface area contributed by atoms with Crippen LogP contribution in [-0.4, -0.2) is 14.2 Å². The van der Waals surface area contributed by atoms with Crippen LogP contribution in [0.5, 0.6) is 5.75 Å². The van der Waals surface area contributed by atoms with Crippen molar-refractivity contribution in [3.8, 4) is 5.75 Å². The van der Waals surface area contributed by atoms with Gasteiger partial charge in [-0.1, -0.05) is 6.92 Å². The number of methoxy groups -OCH3 is 1. The van der Waals surface area contributed by atoms with Gasteiger partial charge in [-0.25, -0.2) is 0 Å². The minimum atomic E-state index is 0.431. The molecule has 2 nitrogen and oxygen atoms in total. The zero-order chi connectivity index (χ0) is 8.97. The summed E-state index contributed by atoms with van der Waals surface area (Å²) in [4.78, 5) is 1.29. The van der Waals surface area contributed by atoms with Gasteiger partial charge in [0.15, 0.2) is 0 Å². The standard InChI is InChI=1S/C9H15NOS/c1-4-7(10-2)9-8(11-3)5-6-12-9/h5-7,10H,4H2,1-3H3. The first-order chi connectivity index (χ1) is 5.83. The molecule has 0 aliphatic rings. The predicted octanol–water partition coefficient (Wildman–Crippen LogP) is 2.43. The molecular formula is C9H15NOS. The molecule has 12 heavy (non-hydrogen) atoms. The molecule has 1 unspecified atom stereocenters. The van der Waals surface area contributed by atoms with Gasteiger partial charge < -0.3 is 10.1 Å². The summed E-state index contributed by atoms with van der Waals surface area (Å²) < 4.78 is 5.24. The van der Waals surface area contributed by atoms with Crippen molar-refractivity contribution >= 4 is 11.3 Å². The molecule has 1 atom stereocenters. The molecule has 1 N–H and O–H groups in total. The Morgan fingerprint density at radius 1 is 1.67 bits per heavy atom. The van der Waals surface area contributed by atoms with Crippen LogP contribution in [0.1, 0.15) is 24.3 Å². The van der Waals surface area contributed by atoms with E-state index < -0.39 is 0 Å². The van der Waals surface area contributed by atoms with Gasteiger partial charge in [-0.05, 0) is 24.9 Å². The van der Waals surface area contributed by atoms with Crippen LogP contribution < -0.4 is 10.1 Å². The summed E-state index contributed by atoms with van der Waals surface area (Å²) >= 11 is 1.74. The minimum Gasteiger partial charge on any atom is -0.496 e. The van der Waals surface area contributed by atoms with E-state index in [0.717, 1.165) is 12.2 Å². The monoisotopic (exact) mass is 185 g/mol. The zero-order valence-corrected chi connectivity index (χ0v) is 8.57. The summed E-state index contributed by atoms with van der Waals surface area (Å²) in [7, 11) is 3.70. The van der Waals surface area contributed by atoms with E-state index in [1.807, 2.05) is 13.1 Å². The second-order valence-electron chi connectivity index (χ2n) is 2.60. The SMILES string of the molecule is CCC(NC)c1sccc1OC. The first kappa shape index (κ1) is 9.55. The lowest BCUT2D eigenvalue weighted by Gasteiger charge is -2.13. The van der Waals surface area contributed by atoms with Crippen LogP contribution in [0.15, 0.2) is 11.4 Å². The Bertz CT molecular complexity index is 230. The van der Waals surface area contributed by atoms with Gasteiger partial charge in [0.25, 0.3) is 0 Å². The highest BCUT2D eigenvalue weighted by molar-refractivity contribution is 7.10. The third-order valence-electron chi connectivity index (χ3n) is 1.95. The summed E-state index contributed by atoms with van der Waals surface area (Å²) in [5, 5.41) is 5.32.